The van der Waals surface area contributed by atoms with E-state index in [-0.39, 0.29) is 5.84 Å². The van der Waals surface area contributed by atoms with Crippen molar-refractivity contribution in [3.05, 3.63) is 34.9 Å². The molecular weight excluding hydrogens is 186 g/mol. The Labute approximate surface area is 81.5 Å². The fourth-order valence-corrected chi connectivity index (χ4v) is 1.16. The summed E-state index contributed by atoms with van der Waals surface area (Å²) in [6.07, 6.45) is 1.14. The third kappa shape index (κ3) is 2.29. The molecule has 0 bridgehead atoms. The second-order valence-corrected chi connectivity index (χ2v) is 3.09. The van der Waals surface area contributed by atoms with Crippen LogP contribution in [0.25, 0.3) is 0 Å². The summed E-state index contributed by atoms with van der Waals surface area (Å²) in [5.41, 5.74) is 6.13. The standard InChI is InChI=1S/C9H10ClN3/c10-7-3-1-6(2-4-7)8(5-11)9(12)13/h1-5,8,11H,(H3,12,13). The lowest BCUT2D eigenvalue weighted by Crippen LogP contribution is -2.21. The smallest absolute Gasteiger partial charge is 0.104 e. The largest absolute Gasteiger partial charge is 0.387 e. The molecule has 0 aliphatic rings. The van der Waals surface area contributed by atoms with Crippen LogP contribution >= 0.6 is 11.6 Å². The van der Waals surface area contributed by atoms with Crippen LogP contribution in [0.3, 0.4) is 0 Å². The van der Waals surface area contributed by atoms with Crippen LogP contribution in [0, 0.1) is 10.8 Å². The van der Waals surface area contributed by atoms with Gasteiger partial charge in [-0.3, -0.25) is 5.41 Å². The van der Waals surface area contributed by atoms with Crippen LogP contribution in [0.15, 0.2) is 24.3 Å². The molecule has 4 N–H and O–H groups in total. The first-order valence-electron chi connectivity index (χ1n) is 3.75. The van der Waals surface area contributed by atoms with Gasteiger partial charge >= 0.3 is 0 Å². The van der Waals surface area contributed by atoms with Gasteiger partial charge in [0.15, 0.2) is 0 Å². The summed E-state index contributed by atoms with van der Waals surface area (Å²) in [5, 5.41) is 15.0. The van der Waals surface area contributed by atoms with Crippen molar-refractivity contribution in [3.8, 4) is 0 Å². The van der Waals surface area contributed by atoms with Crippen molar-refractivity contribution < 1.29 is 0 Å². The van der Waals surface area contributed by atoms with Gasteiger partial charge in [0.25, 0.3) is 0 Å². The third-order valence-electron chi connectivity index (χ3n) is 1.73. The lowest BCUT2D eigenvalue weighted by atomic mass is 10.00. The van der Waals surface area contributed by atoms with Crippen molar-refractivity contribution in [3.63, 3.8) is 0 Å². The first-order valence-corrected chi connectivity index (χ1v) is 4.13. The van der Waals surface area contributed by atoms with Gasteiger partial charge in [-0.15, -0.1) is 0 Å². The molecule has 1 unspecified atom stereocenters. The van der Waals surface area contributed by atoms with Crippen molar-refractivity contribution in [1.29, 1.82) is 10.8 Å². The molecule has 4 heteroatoms. The Morgan fingerprint density at radius 3 is 2.31 bits per heavy atom. The first kappa shape index (κ1) is 9.74. The number of amidine groups is 1. The van der Waals surface area contributed by atoms with Gasteiger partial charge < -0.3 is 11.1 Å². The van der Waals surface area contributed by atoms with Crippen molar-refractivity contribution in [1.82, 2.24) is 0 Å². The Kier molecular flexibility index (Phi) is 3.03. The maximum Gasteiger partial charge on any atom is 0.104 e. The van der Waals surface area contributed by atoms with E-state index in [1.807, 2.05) is 0 Å². The Morgan fingerprint density at radius 1 is 1.38 bits per heavy atom. The molecule has 0 saturated heterocycles. The number of halogens is 1. The summed E-state index contributed by atoms with van der Waals surface area (Å²) in [5.74, 6) is -0.463. The molecule has 0 spiro atoms. The predicted octanol–water partition coefficient (Wildman–Crippen LogP) is 2.01. The van der Waals surface area contributed by atoms with Crippen LogP contribution in [-0.4, -0.2) is 12.1 Å². The van der Waals surface area contributed by atoms with Crippen LogP contribution in [0.4, 0.5) is 0 Å². The van der Waals surface area contributed by atoms with Crippen LogP contribution in [0.5, 0.6) is 0 Å². The first-order chi connectivity index (χ1) is 6.15. The van der Waals surface area contributed by atoms with E-state index in [1.165, 1.54) is 0 Å². The summed E-state index contributed by atoms with van der Waals surface area (Å²) in [7, 11) is 0. The second-order valence-electron chi connectivity index (χ2n) is 2.65. The highest BCUT2D eigenvalue weighted by atomic mass is 35.5. The quantitative estimate of drug-likeness (QED) is 0.501. The normalized spacial score (nSPS) is 12.1. The molecule has 3 nitrogen and oxygen atoms in total. The average molecular weight is 196 g/mol. The Balaban J connectivity index is 2.99. The Hall–Kier alpha value is -1.35. The van der Waals surface area contributed by atoms with E-state index in [4.69, 9.17) is 28.2 Å². The van der Waals surface area contributed by atoms with Crippen molar-refractivity contribution in [2.75, 3.05) is 0 Å². The summed E-state index contributed by atoms with van der Waals surface area (Å²) < 4.78 is 0. The minimum atomic E-state index is -0.433. The van der Waals surface area contributed by atoms with E-state index >= 15 is 0 Å². The zero-order valence-corrected chi connectivity index (χ0v) is 7.68. The molecule has 1 rings (SSSR count). The van der Waals surface area contributed by atoms with E-state index in [1.54, 1.807) is 24.3 Å². The fourth-order valence-electron chi connectivity index (χ4n) is 1.04. The van der Waals surface area contributed by atoms with Crippen LogP contribution in [-0.2, 0) is 0 Å². The number of hydrogen-bond donors (Lipinski definition) is 3. The number of nitrogens with two attached hydrogens (primary N) is 1. The highest BCUT2D eigenvalue weighted by Crippen LogP contribution is 2.16. The summed E-state index contributed by atoms with van der Waals surface area (Å²) >= 11 is 5.70. The maximum absolute atomic E-state index is 7.24. The molecule has 0 radical (unpaired) electrons. The van der Waals surface area contributed by atoms with Crippen LogP contribution in [0.1, 0.15) is 11.5 Å². The van der Waals surface area contributed by atoms with Crippen molar-refractivity contribution in [2.45, 2.75) is 5.92 Å². The summed E-state index contributed by atoms with van der Waals surface area (Å²) in [6, 6.07) is 6.96. The number of nitrogens with one attached hydrogen (secondary N) is 2. The lowest BCUT2D eigenvalue weighted by molar-refractivity contribution is 1.16. The molecule has 0 amide bonds. The molecular formula is C9H10ClN3. The molecule has 0 heterocycles. The molecule has 13 heavy (non-hydrogen) atoms. The number of hydrogen-bond acceptors (Lipinski definition) is 2. The molecule has 0 aliphatic heterocycles. The van der Waals surface area contributed by atoms with Gasteiger partial charge in [0.05, 0.1) is 5.92 Å². The molecule has 0 saturated carbocycles. The fraction of sp³-hybridized carbons (Fsp3) is 0.111. The van der Waals surface area contributed by atoms with E-state index in [9.17, 15) is 0 Å². The number of benzene rings is 1. The minimum Gasteiger partial charge on any atom is -0.387 e. The highest BCUT2D eigenvalue weighted by molar-refractivity contribution is 6.30. The van der Waals surface area contributed by atoms with Gasteiger partial charge in [0, 0.05) is 11.2 Å². The minimum absolute atomic E-state index is 0.0303. The van der Waals surface area contributed by atoms with Crippen LogP contribution in [0.2, 0.25) is 5.02 Å². The van der Waals surface area contributed by atoms with Crippen molar-refractivity contribution in [2.24, 2.45) is 5.73 Å². The third-order valence-corrected chi connectivity index (χ3v) is 1.98. The molecule has 1 aromatic rings. The summed E-state index contributed by atoms with van der Waals surface area (Å²) in [4.78, 5) is 0. The van der Waals surface area contributed by atoms with Gasteiger partial charge in [-0.2, -0.15) is 0 Å². The Morgan fingerprint density at radius 2 is 1.92 bits per heavy atom. The Bertz CT molecular complexity index is 318. The average Bonchev–Trinajstić information content (AvgIpc) is 2.09. The van der Waals surface area contributed by atoms with E-state index in [2.05, 4.69) is 0 Å². The van der Waals surface area contributed by atoms with Gasteiger partial charge in [-0.1, -0.05) is 23.7 Å². The van der Waals surface area contributed by atoms with Gasteiger partial charge in [-0.25, -0.2) is 0 Å². The summed E-state index contributed by atoms with van der Waals surface area (Å²) in [6.45, 7) is 0. The van der Waals surface area contributed by atoms with Crippen LogP contribution < -0.4 is 5.73 Å². The second kappa shape index (κ2) is 4.05. The van der Waals surface area contributed by atoms with Gasteiger partial charge in [-0.05, 0) is 17.7 Å². The molecule has 1 aromatic carbocycles. The molecule has 0 aromatic heterocycles. The monoisotopic (exact) mass is 195 g/mol. The van der Waals surface area contributed by atoms with E-state index < -0.39 is 5.92 Å². The molecule has 0 fully saturated rings. The molecule has 0 aliphatic carbocycles. The van der Waals surface area contributed by atoms with E-state index in [0.717, 1.165) is 11.8 Å². The maximum atomic E-state index is 7.24. The van der Waals surface area contributed by atoms with E-state index in [0.29, 0.717) is 5.02 Å². The van der Waals surface area contributed by atoms with Gasteiger partial charge in [0.1, 0.15) is 5.84 Å². The number of rotatable bonds is 3. The predicted molar refractivity (Wildman–Crippen MR) is 54.9 cm³/mol. The molecule has 68 valence electrons. The molecule has 1 atom stereocenters. The van der Waals surface area contributed by atoms with Gasteiger partial charge in [0.2, 0.25) is 0 Å². The zero-order chi connectivity index (χ0) is 9.84. The SMILES string of the molecule is N=CC(C(=N)N)c1ccc(Cl)cc1. The lowest BCUT2D eigenvalue weighted by Gasteiger charge is -2.09. The highest BCUT2D eigenvalue weighted by Gasteiger charge is 2.10. The zero-order valence-electron chi connectivity index (χ0n) is 6.92. The van der Waals surface area contributed by atoms with Crippen molar-refractivity contribution >= 4 is 23.7 Å². The topological polar surface area (TPSA) is 73.7 Å².